The molecule has 0 bridgehead atoms. The zero-order valence-corrected chi connectivity index (χ0v) is 26.2. The molecule has 0 amide bonds. The topological polar surface area (TPSA) is 0 Å². The van der Waals surface area contributed by atoms with E-state index in [1.54, 1.807) is 0 Å². The van der Waals surface area contributed by atoms with Crippen molar-refractivity contribution in [3.63, 3.8) is 0 Å². The van der Waals surface area contributed by atoms with Gasteiger partial charge in [-0.05, 0) is 88.8 Å². The van der Waals surface area contributed by atoms with Crippen molar-refractivity contribution >= 4 is 22.6 Å². The van der Waals surface area contributed by atoms with Gasteiger partial charge in [-0.2, -0.15) is 0 Å². The van der Waals surface area contributed by atoms with E-state index >= 15 is 0 Å². The third kappa shape index (κ3) is 6.40. The van der Waals surface area contributed by atoms with Gasteiger partial charge in [0.25, 0.3) is 0 Å². The average molecular weight is 581 g/mol. The van der Waals surface area contributed by atoms with Crippen LogP contribution in [0, 0.1) is 3.57 Å². The highest BCUT2D eigenvalue weighted by Gasteiger charge is 2.24. The molecule has 1 heteroatoms. The Kier molecular flexibility index (Phi) is 7.48. The summed E-state index contributed by atoms with van der Waals surface area (Å²) in [5.74, 6) is 0. The summed E-state index contributed by atoms with van der Waals surface area (Å²) in [6, 6.07) is 21.2. The minimum Gasteiger partial charge on any atom is -0.0610 e. The van der Waals surface area contributed by atoms with Crippen LogP contribution in [-0.2, 0) is 21.7 Å². The normalized spacial score (nSPS) is 13.3. The van der Waals surface area contributed by atoms with Crippen molar-refractivity contribution in [3.05, 3.63) is 80.4 Å². The fourth-order valence-corrected chi connectivity index (χ4v) is 5.26. The summed E-state index contributed by atoms with van der Waals surface area (Å²) in [5.41, 5.74) is 11.2. The highest BCUT2D eigenvalue weighted by Crippen LogP contribution is 2.40. The molecule has 0 aliphatic heterocycles. The average Bonchev–Trinajstić information content (AvgIpc) is 2.70. The molecule has 3 aromatic rings. The summed E-state index contributed by atoms with van der Waals surface area (Å²) in [7, 11) is 0. The predicted octanol–water partition coefficient (Wildman–Crippen LogP) is 10.8. The smallest absolute Gasteiger partial charge is 0.0287 e. The van der Waals surface area contributed by atoms with Crippen molar-refractivity contribution in [3.8, 4) is 22.3 Å². The molecule has 0 saturated carbocycles. The van der Waals surface area contributed by atoms with Crippen LogP contribution in [0.15, 0.2) is 54.6 Å². The third-order valence-electron chi connectivity index (χ3n) is 6.95. The van der Waals surface area contributed by atoms with Crippen molar-refractivity contribution in [2.24, 2.45) is 0 Å². The maximum absolute atomic E-state index is 2.58. The highest BCUT2D eigenvalue weighted by molar-refractivity contribution is 14.1. The molecule has 0 atom stereocenters. The van der Waals surface area contributed by atoms with E-state index in [0.717, 1.165) is 0 Å². The van der Waals surface area contributed by atoms with Crippen LogP contribution >= 0.6 is 22.6 Å². The minimum absolute atomic E-state index is 0.0989. The van der Waals surface area contributed by atoms with E-state index in [4.69, 9.17) is 0 Å². The lowest BCUT2D eigenvalue weighted by atomic mass is 9.78. The first-order valence-corrected chi connectivity index (χ1v) is 14.0. The maximum atomic E-state index is 2.58. The van der Waals surface area contributed by atoms with Gasteiger partial charge >= 0.3 is 0 Å². The van der Waals surface area contributed by atoms with Crippen molar-refractivity contribution in [1.29, 1.82) is 0 Å². The van der Waals surface area contributed by atoms with Crippen molar-refractivity contribution < 1.29 is 0 Å². The second-order valence-corrected chi connectivity index (χ2v) is 15.3. The van der Waals surface area contributed by atoms with E-state index in [0.29, 0.717) is 0 Å². The standard InChI is InChI=1S/C34H45I/c1-31(2,3)24-16-22(17-25(20-24)32(4,5)6)28-14-13-15-29(30(28)35)23-18-26(33(7,8)9)21-27(19-23)34(10,11)12/h13-21H,1-12H3. The first-order valence-electron chi connectivity index (χ1n) is 12.9. The van der Waals surface area contributed by atoms with Crippen LogP contribution in [0.5, 0.6) is 0 Å². The Labute approximate surface area is 229 Å². The molecule has 0 aliphatic carbocycles. The molecule has 0 spiro atoms. The molecule has 0 saturated heterocycles. The predicted molar refractivity (Wildman–Crippen MR) is 165 cm³/mol. The summed E-state index contributed by atoms with van der Waals surface area (Å²) in [6.45, 7) is 27.7. The van der Waals surface area contributed by atoms with Gasteiger partial charge < -0.3 is 0 Å². The third-order valence-corrected chi connectivity index (χ3v) is 8.11. The van der Waals surface area contributed by atoms with E-state index in [1.165, 1.54) is 48.1 Å². The van der Waals surface area contributed by atoms with Gasteiger partial charge in [-0.1, -0.05) is 138 Å². The number of halogens is 1. The van der Waals surface area contributed by atoms with Crippen LogP contribution in [0.4, 0.5) is 0 Å². The minimum atomic E-state index is 0.0989. The van der Waals surface area contributed by atoms with Gasteiger partial charge in [-0.25, -0.2) is 0 Å². The molecule has 0 aliphatic rings. The lowest BCUT2D eigenvalue weighted by Crippen LogP contribution is -2.17. The molecule has 0 heterocycles. The summed E-state index contributed by atoms with van der Waals surface area (Å²) < 4.78 is 1.32. The van der Waals surface area contributed by atoms with E-state index in [-0.39, 0.29) is 21.7 Å². The molecular weight excluding hydrogens is 535 g/mol. The Morgan fingerprint density at radius 1 is 0.429 bits per heavy atom. The first kappa shape index (κ1) is 28.0. The lowest BCUT2D eigenvalue weighted by molar-refractivity contribution is 0.568. The second-order valence-electron chi connectivity index (χ2n) is 14.3. The van der Waals surface area contributed by atoms with E-state index in [9.17, 15) is 0 Å². The zero-order valence-electron chi connectivity index (χ0n) is 24.1. The van der Waals surface area contributed by atoms with Gasteiger partial charge in [0.05, 0.1) is 0 Å². The largest absolute Gasteiger partial charge is 0.0610 e. The Morgan fingerprint density at radius 3 is 0.914 bits per heavy atom. The number of hydrogen-bond donors (Lipinski definition) is 0. The number of hydrogen-bond acceptors (Lipinski definition) is 0. The summed E-state index contributed by atoms with van der Waals surface area (Å²) in [4.78, 5) is 0. The van der Waals surface area contributed by atoms with E-state index in [1.807, 2.05) is 0 Å². The molecule has 0 unspecified atom stereocenters. The molecule has 0 radical (unpaired) electrons. The van der Waals surface area contributed by atoms with Gasteiger partial charge in [0.15, 0.2) is 0 Å². The summed E-state index contributed by atoms with van der Waals surface area (Å²) in [5, 5.41) is 0. The van der Waals surface area contributed by atoms with Gasteiger partial charge in [-0.15, -0.1) is 0 Å². The maximum Gasteiger partial charge on any atom is 0.0287 e. The molecule has 0 aromatic heterocycles. The summed E-state index contributed by atoms with van der Waals surface area (Å²) >= 11 is 2.58. The molecule has 3 rings (SSSR count). The van der Waals surface area contributed by atoms with E-state index in [2.05, 4.69) is 160 Å². The van der Waals surface area contributed by atoms with Crippen LogP contribution < -0.4 is 0 Å². The van der Waals surface area contributed by atoms with Crippen LogP contribution in [-0.4, -0.2) is 0 Å². The van der Waals surface area contributed by atoms with Gasteiger partial charge in [-0.3, -0.25) is 0 Å². The Morgan fingerprint density at radius 2 is 0.686 bits per heavy atom. The summed E-state index contributed by atoms with van der Waals surface area (Å²) in [6.07, 6.45) is 0. The van der Waals surface area contributed by atoms with Crippen LogP contribution in [0.3, 0.4) is 0 Å². The molecule has 3 aromatic carbocycles. The fourth-order valence-electron chi connectivity index (χ4n) is 4.28. The Bertz CT molecular complexity index is 1060. The SMILES string of the molecule is CC(C)(C)c1cc(-c2cccc(-c3cc(C(C)(C)C)cc(C(C)(C)C)c3)c2I)cc(C(C)(C)C)c1. The first-order chi connectivity index (χ1) is 15.8. The number of benzene rings is 3. The van der Waals surface area contributed by atoms with Crippen LogP contribution in [0.25, 0.3) is 22.3 Å². The zero-order chi connectivity index (χ0) is 26.6. The molecule has 0 N–H and O–H groups in total. The van der Waals surface area contributed by atoms with Gasteiger partial charge in [0.1, 0.15) is 0 Å². The second kappa shape index (κ2) is 9.36. The van der Waals surface area contributed by atoms with Crippen molar-refractivity contribution in [2.75, 3.05) is 0 Å². The molecule has 188 valence electrons. The van der Waals surface area contributed by atoms with Crippen molar-refractivity contribution in [2.45, 2.75) is 105 Å². The molecule has 35 heavy (non-hydrogen) atoms. The molecule has 0 fully saturated rings. The van der Waals surface area contributed by atoms with Crippen LogP contribution in [0.1, 0.15) is 105 Å². The lowest BCUT2D eigenvalue weighted by Gasteiger charge is -2.27. The van der Waals surface area contributed by atoms with Gasteiger partial charge in [0.2, 0.25) is 0 Å². The van der Waals surface area contributed by atoms with E-state index < -0.39 is 0 Å². The van der Waals surface area contributed by atoms with Crippen molar-refractivity contribution in [1.82, 2.24) is 0 Å². The van der Waals surface area contributed by atoms with Crippen LogP contribution in [0.2, 0.25) is 0 Å². The Balaban J connectivity index is 2.29. The van der Waals surface area contributed by atoms with Gasteiger partial charge in [0, 0.05) is 3.57 Å². The Hall–Kier alpha value is -1.61. The monoisotopic (exact) mass is 580 g/mol. The highest BCUT2D eigenvalue weighted by atomic mass is 127. The fraction of sp³-hybridized carbons (Fsp3) is 0.471. The quantitative estimate of drug-likeness (QED) is 0.265. The number of rotatable bonds is 2. The molecular formula is C34H45I. The molecule has 0 nitrogen and oxygen atoms in total.